The average Bonchev–Trinajstić information content (AvgIpc) is 2.81. The maximum absolute atomic E-state index is 12.3. The molecule has 5 heteroatoms. The van der Waals surface area contributed by atoms with Crippen LogP contribution in [0.2, 0.25) is 0 Å². The van der Waals surface area contributed by atoms with Crippen molar-refractivity contribution < 1.29 is 4.79 Å². The molecule has 108 valence electrons. The lowest BCUT2D eigenvalue weighted by Gasteiger charge is -2.17. The van der Waals surface area contributed by atoms with Crippen LogP contribution in [0, 0.1) is 11.3 Å². The number of halogens is 1. The first kappa shape index (κ1) is 15.7. The Kier molecular flexibility index (Phi) is 4.50. The van der Waals surface area contributed by atoms with Crippen molar-refractivity contribution in [3.63, 3.8) is 0 Å². The first-order valence-electron chi connectivity index (χ1n) is 6.42. The summed E-state index contributed by atoms with van der Waals surface area (Å²) < 4.78 is 0.730. The third-order valence-electron chi connectivity index (χ3n) is 3.06. The molecule has 0 aliphatic heterocycles. The van der Waals surface area contributed by atoms with Crippen LogP contribution in [-0.2, 0) is 5.41 Å². The van der Waals surface area contributed by atoms with Gasteiger partial charge >= 0.3 is 0 Å². The van der Waals surface area contributed by atoms with Gasteiger partial charge in [0.1, 0.15) is 11.1 Å². The summed E-state index contributed by atoms with van der Waals surface area (Å²) in [7, 11) is 0. The topological polar surface area (TPSA) is 52.9 Å². The van der Waals surface area contributed by atoms with Crippen LogP contribution in [0.25, 0.3) is 0 Å². The zero-order valence-electron chi connectivity index (χ0n) is 12.0. The Labute approximate surface area is 136 Å². The number of hydrogen-bond acceptors (Lipinski definition) is 3. The third-order valence-corrected chi connectivity index (χ3v) is 4.64. The molecular formula is C16H15BrN2OS. The molecule has 0 bridgehead atoms. The number of nitrogens with zero attached hydrogens (tertiary/aromatic N) is 1. The van der Waals surface area contributed by atoms with E-state index in [1.54, 1.807) is 12.1 Å². The largest absolute Gasteiger partial charge is 0.312 e. The fraction of sp³-hybridized carbons (Fsp3) is 0.250. The van der Waals surface area contributed by atoms with Crippen molar-refractivity contribution in [2.45, 2.75) is 26.2 Å². The average molecular weight is 363 g/mol. The fourth-order valence-corrected chi connectivity index (χ4v) is 3.53. The van der Waals surface area contributed by atoms with E-state index in [0.717, 1.165) is 10.0 Å². The predicted octanol–water partition coefficient (Wildman–Crippen LogP) is 4.93. The van der Waals surface area contributed by atoms with Gasteiger partial charge in [-0.05, 0) is 44.4 Å². The number of hydrogen-bond donors (Lipinski definition) is 1. The fourth-order valence-electron chi connectivity index (χ4n) is 1.93. The van der Waals surface area contributed by atoms with Crippen molar-refractivity contribution in [1.82, 2.24) is 0 Å². The molecule has 1 N–H and O–H groups in total. The molecule has 1 aromatic heterocycles. The zero-order valence-corrected chi connectivity index (χ0v) is 14.4. The van der Waals surface area contributed by atoms with E-state index >= 15 is 0 Å². The van der Waals surface area contributed by atoms with E-state index < -0.39 is 0 Å². The van der Waals surface area contributed by atoms with E-state index in [1.165, 1.54) is 11.3 Å². The molecule has 1 amide bonds. The third kappa shape index (κ3) is 3.34. The van der Waals surface area contributed by atoms with E-state index in [0.29, 0.717) is 16.1 Å². The van der Waals surface area contributed by atoms with Gasteiger partial charge in [0.15, 0.2) is 0 Å². The van der Waals surface area contributed by atoms with E-state index in [1.807, 2.05) is 17.5 Å². The molecule has 0 radical (unpaired) electrons. The molecule has 3 nitrogen and oxygen atoms in total. The predicted molar refractivity (Wildman–Crippen MR) is 89.8 cm³/mol. The van der Waals surface area contributed by atoms with Crippen LogP contribution in [0.3, 0.4) is 0 Å². The Morgan fingerprint density at radius 2 is 2.00 bits per heavy atom. The van der Waals surface area contributed by atoms with Gasteiger partial charge in [-0.15, -0.1) is 11.3 Å². The Hall–Kier alpha value is -1.64. The Bertz CT molecular complexity index is 723. The summed E-state index contributed by atoms with van der Waals surface area (Å²) in [6, 6.07) is 9.42. The molecule has 0 saturated heterocycles. The Morgan fingerprint density at radius 1 is 1.33 bits per heavy atom. The maximum Gasteiger partial charge on any atom is 0.257 e. The molecule has 0 saturated carbocycles. The van der Waals surface area contributed by atoms with E-state index in [9.17, 15) is 10.1 Å². The number of nitrogens with one attached hydrogen (secondary N) is 1. The number of nitriles is 1. The quantitative estimate of drug-likeness (QED) is 0.822. The summed E-state index contributed by atoms with van der Waals surface area (Å²) in [5, 5.41) is 14.8. The van der Waals surface area contributed by atoms with Gasteiger partial charge in [0, 0.05) is 4.47 Å². The summed E-state index contributed by atoms with van der Waals surface area (Å²) in [5.74, 6) is -0.221. The molecule has 0 aliphatic carbocycles. The standard InChI is InChI=1S/C16H15BrN2OS/c1-16(2,3)12-9-21-15(11(12)8-18)19-14(20)10-6-4-5-7-13(10)17/h4-7,9H,1-3H3,(H,19,20). The SMILES string of the molecule is CC(C)(C)c1csc(NC(=O)c2ccccc2Br)c1C#N. The molecule has 0 atom stereocenters. The second-order valence-corrected chi connectivity index (χ2v) is 7.38. The Morgan fingerprint density at radius 3 is 2.57 bits per heavy atom. The number of benzene rings is 1. The van der Waals surface area contributed by atoms with Crippen LogP contribution in [0.1, 0.15) is 42.3 Å². The van der Waals surface area contributed by atoms with Gasteiger partial charge in [-0.1, -0.05) is 32.9 Å². The number of rotatable bonds is 2. The maximum atomic E-state index is 12.3. The number of amides is 1. The van der Waals surface area contributed by atoms with Gasteiger partial charge in [0.2, 0.25) is 0 Å². The minimum Gasteiger partial charge on any atom is -0.312 e. The van der Waals surface area contributed by atoms with Crippen LogP contribution in [-0.4, -0.2) is 5.91 Å². The van der Waals surface area contributed by atoms with Crippen LogP contribution < -0.4 is 5.32 Å². The summed E-state index contributed by atoms with van der Waals surface area (Å²) in [6.07, 6.45) is 0. The number of anilines is 1. The molecule has 2 rings (SSSR count). The molecular weight excluding hydrogens is 348 g/mol. The van der Waals surface area contributed by atoms with E-state index in [-0.39, 0.29) is 11.3 Å². The van der Waals surface area contributed by atoms with Gasteiger partial charge in [-0.25, -0.2) is 0 Å². The lowest BCUT2D eigenvalue weighted by molar-refractivity contribution is 0.102. The van der Waals surface area contributed by atoms with Crippen molar-refractivity contribution in [3.8, 4) is 6.07 Å². The van der Waals surface area contributed by atoms with Crippen molar-refractivity contribution in [3.05, 3.63) is 50.8 Å². The summed E-state index contributed by atoms with van der Waals surface area (Å²) in [5.41, 5.74) is 1.93. The van der Waals surface area contributed by atoms with E-state index in [4.69, 9.17) is 0 Å². The van der Waals surface area contributed by atoms with Crippen LogP contribution in [0.4, 0.5) is 5.00 Å². The van der Waals surface area contributed by atoms with Crippen molar-refractivity contribution in [2.75, 3.05) is 5.32 Å². The molecule has 0 aliphatic rings. The number of carbonyl (C=O) groups excluding carboxylic acids is 1. The van der Waals surface area contributed by atoms with Crippen LogP contribution in [0.5, 0.6) is 0 Å². The normalized spacial score (nSPS) is 11.0. The molecule has 0 spiro atoms. The number of carbonyl (C=O) groups is 1. The molecule has 0 unspecified atom stereocenters. The summed E-state index contributed by atoms with van der Waals surface area (Å²) in [6.45, 7) is 6.15. The highest BCUT2D eigenvalue weighted by Crippen LogP contribution is 2.35. The summed E-state index contributed by atoms with van der Waals surface area (Å²) >= 11 is 4.75. The molecule has 1 heterocycles. The summed E-state index contributed by atoms with van der Waals surface area (Å²) in [4.78, 5) is 12.3. The molecule has 0 fully saturated rings. The number of thiophene rings is 1. The second kappa shape index (κ2) is 6.00. The lowest BCUT2D eigenvalue weighted by Crippen LogP contribution is -2.14. The van der Waals surface area contributed by atoms with Crippen LogP contribution in [0.15, 0.2) is 34.1 Å². The lowest BCUT2D eigenvalue weighted by atomic mass is 9.86. The molecule has 21 heavy (non-hydrogen) atoms. The van der Waals surface area contributed by atoms with Crippen molar-refractivity contribution in [1.29, 1.82) is 5.26 Å². The molecule has 1 aromatic carbocycles. The van der Waals surface area contributed by atoms with Crippen molar-refractivity contribution >= 4 is 38.2 Å². The first-order chi connectivity index (χ1) is 9.84. The van der Waals surface area contributed by atoms with E-state index in [2.05, 4.69) is 48.1 Å². The minimum atomic E-state index is -0.221. The highest BCUT2D eigenvalue weighted by atomic mass is 79.9. The monoisotopic (exact) mass is 362 g/mol. The molecule has 2 aromatic rings. The van der Waals surface area contributed by atoms with Gasteiger partial charge in [0.25, 0.3) is 5.91 Å². The zero-order chi connectivity index (χ0) is 15.6. The Balaban J connectivity index is 2.34. The van der Waals surface area contributed by atoms with Crippen molar-refractivity contribution in [2.24, 2.45) is 0 Å². The van der Waals surface area contributed by atoms with Crippen LogP contribution >= 0.6 is 27.3 Å². The van der Waals surface area contributed by atoms with Gasteiger partial charge in [0.05, 0.1) is 11.1 Å². The first-order valence-corrected chi connectivity index (χ1v) is 8.10. The van der Waals surface area contributed by atoms with Gasteiger partial charge in [-0.2, -0.15) is 5.26 Å². The van der Waals surface area contributed by atoms with Gasteiger partial charge < -0.3 is 5.32 Å². The highest BCUT2D eigenvalue weighted by molar-refractivity contribution is 9.10. The van der Waals surface area contributed by atoms with Gasteiger partial charge in [-0.3, -0.25) is 4.79 Å². The smallest absolute Gasteiger partial charge is 0.257 e. The second-order valence-electron chi connectivity index (χ2n) is 5.65. The highest BCUT2D eigenvalue weighted by Gasteiger charge is 2.23. The minimum absolute atomic E-state index is 0.127.